The van der Waals surface area contributed by atoms with Gasteiger partial charge in [0.25, 0.3) is 0 Å². The van der Waals surface area contributed by atoms with Gasteiger partial charge in [0.15, 0.2) is 0 Å². The minimum atomic E-state index is -1.03. The van der Waals surface area contributed by atoms with E-state index in [1.165, 1.54) is 0 Å². The van der Waals surface area contributed by atoms with Crippen LogP contribution in [0.5, 0.6) is 0 Å². The topological polar surface area (TPSA) is 47.8 Å². The molecule has 1 heterocycles. The van der Waals surface area contributed by atoms with E-state index in [1.807, 2.05) is 32.3 Å². The van der Waals surface area contributed by atoms with Crippen molar-refractivity contribution in [3.63, 3.8) is 0 Å². The Bertz CT molecular complexity index is 313. The van der Waals surface area contributed by atoms with E-state index < -0.39 is 10.8 Å². The highest BCUT2D eigenvalue weighted by Gasteiger charge is 2.20. The van der Waals surface area contributed by atoms with Crippen molar-refractivity contribution in [1.82, 2.24) is 14.8 Å². The SMILES string of the molecule is CCS(=O)c1nncn1C(C)(C)C. The normalized spacial score (nSPS) is 14.5. The van der Waals surface area contributed by atoms with Gasteiger partial charge in [0, 0.05) is 11.3 Å². The molecular formula is C8H15N3OS. The zero-order valence-electron chi connectivity index (χ0n) is 8.44. The second-order valence-corrected chi connectivity index (χ2v) is 5.42. The fourth-order valence-corrected chi connectivity index (χ4v) is 1.91. The first-order valence-corrected chi connectivity index (χ1v) is 5.57. The molecule has 4 nitrogen and oxygen atoms in total. The van der Waals surface area contributed by atoms with Crippen LogP contribution in [-0.4, -0.2) is 24.7 Å². The molecule has 0 fully saturated rings. The lowest BCUT2D eigenvalue weighted by Crippen LogP contribution is -2.24. The van der Waals surface area contributed by atoms with Crippen molar-refractivity contribution in [2.75, 3.05) is 5.75 Å². The molecule has 0 N–H and O–H groups in total. The number of hydrogen-bond donors (Lipinski definition) is 0. The van der Waals surface area contributed by atoms with E-state index in [1.54, 1.807) is 6.33 Å². The second kappa shape index (κ2) is 3.57. The Morgan fingerprint density at radius 3 is 2.62 bits per heavy atom. The van der Waals surface area contributed by atoms with E-state index in [0.717, 1.165) is 0 Å². The first kappa shape index (κ1) is 10.4. The fourth-order valence-electron chi connectivity index (χ4n) is 0.969. The highest BCUT2D eigenvalue weighted by atomic mass is 32.2. The molecule has 0 aromatic carbocycles. The average Bonchev–Trinajstić information content (AvgIpc) is 2.49. The lowest BCUT2D eigenvalue weighted by Gasteiger charge is -2.21. The maximum absolute atomic E-state index is 11.5. The standard InChI is InChI=1S/C8H15N3OS/c1-5-13(12)7-10-9-6-11(7)8(2,3)4/h6H,5H2,1-4H3. The van der Waals surface area contributed by atoms with Crippen LogP contribution in [-0.2, 0) is 16.3 Å². The number of hydrogen-bond acceptors (Lipinski definition) is 3. The molecule has 1 aromatic rings. The first-order chi connectivity index (χ1) is 5.96. The van der Waals surface area contributed by atoms with E-state index in [9.17, 15) is 4.21 Å². The molecule has 13 heavy (non-hydrogen) atoms. The summed E-state index contributed by atoms with van der Waals surface area (Å²) >= 11 is 0. The zero-order chi connectivity index (χ0) is 10.1. The third-order valence-corrected chi connectivity index (χ3v) is 2.92. The molecule has 0 saturated carbocycles. The molecule has 1 rings (SSSR count). The smallest absolute Gasteiger partial charge is 0.221 e. The molecule has 1 aromatic heterocycles. The molecular weight excluding hydrogens is 186 g/mol. The second-order valence-electron chi connectivity index (χ2n) is 3.79. The van der Waals surface area contributed by atoms with Crippen LogP contribution in [0.2, 0.25) is 0 Å². The predicted octanol–water partition coefficient (Wildman–Crippen LogP) is 1.16. The van der Waals surface area contributed by atoms with E-state index in [4.69, 9.17) is 0 Å². The van der Waals surface area contributed by atoms with Crippen molar-refractivity contribution >= 4 is 10.8 Å². The first-order valence-electron chi connectivity index (χ1n) is 4.25. The van der Waals surface area contributed by atoms with Crippen LogP contribution in [0.15, 0.2) is 11.5 Å². The lowest BCUT2D eigenvalue weighted by molar-refractivity contribution is 0.365. The molecule has 74 valence electrons. The van der Waals surface area contributed by atoms with Crippen LogP contribution in [0.1, 0.15) is 27.7 Å². The highest BCUT2D eigenvalue weighted by Crippen LogP contribution is 2.16. The third kappa shape index (κ3) is 2.15. The lowest BCUT2D eigenvalue weighted by atomic mass is 10.1. The zero-order valence-corrected chi connectivity index (χ0v) is 9.26. The van der Waals surface area contributed by atoms with Gasteiger partial charge in [-0.2, -0.15) is 0 Å². The molecule has 1 unspecified atom stereocenters. The molecule has 5 heteroatoms. The number of nitrogens with zero attached hydrogens (tertiary/aromatic N) is 3. The monoisotopic (exact) mass is 201 g/mol. The quantitative estimate of drug-likeness (QED) is 0.721. The summed E-state index contributed by atoms with van der Waals surface area (Å²) in [5, 5.41) is 8.21. The number of aromatic nitrogens is 3. The van der Waals surface area contributed by atoms with Crippen molar-refractivity contribution < 1.29 is 4.21 Å². The van der Waals surface area contributed by atoms with Gasteiger partial charge in [-0.15, -0.1) is 10.2 Å². The van der Waals surface area contributed by atoms with Crippen LogP contribution >= 0.6 is 0 Å². The Hall–Kier alpha value is -0.710. The van der Waals surface area contributed by atoms with Crippen molar-refractivity contribution in [3.05, 3.63) is 6.33 Å². The minimum absolute atomic E-state index is 0.107. The van der Waals surface area contributed by atoms with E-state index in [-0.39, 0.29) is 5.54 Å². The van der Waals surface area contributed by atoms with Crippen molar-refractivity contribution in [2.45, 2.75) is 38.4 Å². The average molecular weight is 201 g/mol. The number of rotatable bonds is 2. The highest BCUT2D eigenvalue weighted by molar-refractivity contribution is 7.84. The Kier molecular flexibility index (Phi) is 2.85. The summed E-state index contributed by atoms with van der Waals surface area (Å²) < 4.78 is 13.4. The molecule has 1 atom stereocenters. The maximum atomic E-state index is 11.5. The van der Waals surface area contributed by atoms with Gasteiger partial charge in [-0.1, -0.05) is 6.92 Å². The molecule has 0 radical (unpaired) electrons. The summed E-state index contributed by atoms with van der Waals surface area (Å²) in [5.74, 6) is 0.578. The molecule has 0 spiro atoms. The van der Waals surface area contributed by atoms with Gasteiger partial charge < -0.3 is 4.57 Å². The van der Waals surface area contributed by atoms with Gasteiger partial charge in [0.05, 0.1) is 10.8 Å². The van der Waals surface area contributed by atoms with E-state index in [2.05, 4.69) is 10.2 Å². The molecule has 0 aliphatic heterocycles. The summed E-state index contributed by atoms with van der Waals surface area (Å²) in [6, 6.07) is 0. The van der Waals surface area contributed by atoms with Gasteiger partial charge in [0.1, 0.15) is 6.33 Å². The van der Waals surface area contributed by atoms with Gasteiger partial charge >= 0.3 is 0 Å². The van der Waals surface area contributed by atoms with E-state index in [0.29, 0.717) is 10.9 Å². The molecule has 0 amide bonds. The van der Waals surface area contributed by atoms with Crippen molar-refractivity contribution in [2.24, 2.45) is 0 Å². The Balaban J connectivity index is 3.10. The Labute approximate surface area is 80.8 Å². The molecule has 0 aliphatic rings. The van der Waals surface area contributed by atoms with Crippen LogP contribution in [0.25, 0.3) is 0 Å². The van der Waals surface area contributed by atoms with Gasteiger partial charge in [-0.25, -0.2) is 0 Å². The molecule has 0 saturated heterocycles. The van der Waals surface area contributed by atoms with Crippen LogP contribution < -0.4 is 0 Å². The fraction of sp³-hybridized carbons (Fsp3) is 0.750. The Morgan fingerprint density at radius 1 is 1.54 bits per heavy atom. The summed E-state index contributed by atoms with van der Waals surface area (Å²) in [7, 11) is -1.03. The van der Waals surface area contributed by atoms with Crippen molar-refractivity contribution in [1.29, 1.82) is 0 Å². The largest absolute Gasteiger partial charge is 0.301 e. The summed E-state index contributed by atoms with van der Waals surface area (Å²) in [4.78, 5) is 0. The molecule has 0 aliphatic carbocycles. The van der Waals surface area contributed by atoms with Gasteiger partial charge in [-0.3, -0.25) is 4.21 Å². The van der Waals surface area contributed by atoms with Crippen molar-refractivity contribution in [3.8, 4) is 0 Å². The van der Waals surface area contributed by atoms with Crippen LogP contribution in [0.4, 0.5) is 0 Å². The van der Waals surface area contributed by atoms with Gasteiger partial charge in [0.2, 0.25) is 5.16 Å². The summed E-state index contributed by atoms with van der Waals surface area (Å²) in [6.07, 6.45) is 1.63. The predicted molar refractivity (Wildman–Crippen MR) is 52.0 cm³/mol. The van der Waals surface area contributed by atoms with Crippen LogP contribution in [0, 0.1) is 0 Å². The summed E-state index contributed by atoms with van der Waals surface area (Å²) in [5.41, 5.74) is -0.107. The third-order valence-electron chi connectivity index (χ3n) is 1.71. The summed E-state index contributed by atoms with van der Waals surface area (Å²) in [6.45, 7) is 7.98. The van der Waals surface area contributed by atoms with E-state index >= 15 is 0 Å². The molecule has 0 bridgehead atoms. The maximum Gasteiger partial charge on any atom is 0.221 e. The van der Waals surface area contributed by atoms with Gasteiger partial charge in [-0.05, 0) is 20.8 Å². The minimum Gasteiger partial charge on any atom is -0.301 e. The van der Waals surface area contributed by atoms with Crippen LogP contribution in [0.3, 0.4) is 0 Å². The Morgan fingerprint density at radius 2 is 2.15 bits per heavy atom.